The Bertz CT molecular complexity index is 503. The minimum Gasteiger partial charge on any atom is -0.497 e. The minimum atomic E-state index is 0.605. The lowest BCUT2D eigenvalue weighted by molar-refractivity contribution is 0.289. The van der Waals surface area contributed by atoms with Crippen molar-refractivity contribution in [2.75, 3.05) is 13.7 Å². The fourth-order valence-electron chi connectivity index (χ4n) is 1.82. The van der Waals surface area contributed by atoms with Crippen LogP contribution in [0, 0.1) is 13.8 Å². The second-order valence-corrected chi connectivity index (χ2v) is 4.17. The molecule has 0 saturated heterocycles. The number of benzene rings is 1. The highest BCUT2D eigenvalue weighted by Crippen LogP contribution is 2.16. The molecule has 0 radical (unpaired) electrons. The first kappa shape index (κ1) is 12.5. The van der Waals surface area contributed by atoms with Gasteiger partial charge in [0.15, 0.2) is 0 Å². The molecule has 0 aliphatic carbocycles. The van der Waals surface area contributed by atoms with Crippen molar-refractivity contribution in [3.8, 4) is 11.5 Å². The van der Waals surface area contributed by atoms with E-state index in [1.165, 1.54) is 0 Å². The van der Waals surface area contributed by atoms with Crippen LogP contribution in [0.5, 0.6) is 11.5 Å². The van der Waals surface area contributed by atoms with E-state index in [0.717, 1.165) is 29.4 Å². The summed E-state index contributed by atoms with van der Waals surface area (Å²) in [5.74, 6) is 1.68. The summed E-state index contributed by atoms with van der Waals surface area (Å²) in [7, 11) is 1.65. The van der Waals surface area contributed by atoms with E-state index in [0.29, 0.717) is 6.61 Å². The SMILES string of the molecule is COc1ccc(OCCn2nc(C)cc2C)cc1. The maximum absolute atomic E-state index is 5.66. The smallest absolute Gasteiger partial charge is 0.119 e. The van der Waals surface area contributed by atoms with Gasteiger partial charge in [-0.25, -0.2) is 0 Å². The van der Waals surface area contributed by atoms with Crippen molar-refractivity contribution in [3.63, 3.8) is 0 Å². The average Bonchev–Trinajstić information content (AvgIpc) is 2.69. The Morgan fingerprint density at radius 3 is 2.33 bits per heavy atom. The van der Waals surface area contributed by atoms with Gasteiger partial charge >= 0.3 is 0 Å². The summed E-state index contributed by atoms with van der Waals surface area (Å²) in [6, 6.07) is 9.64. The van der Waals surface area contributed by atoms with Crippen LogP contribution in [0.1, 0.15) is 11.4 Å². The van der Waals surface area contributed by atoms with Gasteiger partial charge in [-0.3, -0.25) is 4.68 Å². The van der Waals surface area contributed by atoms with Gasteiger partial charge in [0.2, 0.25) is 0 Å². The van der Waals surface area contributed by atoms with Crippen LogP contribution in [0.3, 0.4) is 0 Å². The van der Waals surface area contributed by atoms with E-state index < -0.39 is 0 Å². The van der Waals surface area contributed by atoms with Gasteiger partial charge in [0, 0.05) is 5.69 Å². The predicted molar refractivity (Wildman–Crippen MR) is 70.2 cm³/mol. The van der Waals surface area contributed by atoms with E-state index in [1.807, 2.05) is 42.8 Å². The van der Waals surface area contributed by atoms with Crippen LogP contribution < -0.4 is 9.47 Å². The average molecular weight is 246 g/mol. The van der Waals surface area contributed by atoms with Crippen LogP contribution >= 0.6 is 0 Å². The standard InChI is InChI=1S/C14H18N2O2/c1-11-10-12(2)16(15-11)8-9-18-14-6-4-13(17-3)5-7-14/h4-7,10H,8-9H2,1-3H3. The number of hydrogen-bond donors (Lipinski definition) is 0. The second kappa shape index (κ2) is 5.58. The van der Waals surface area contributed by atoms with Gasteiger partial charge in [-0.05, 0) is 44.2 Å². The molecule has 0 atom stereocenters. The van der Waals surface area contributed by atoms with E-state index in [1.54, 1.807) is 7.11 Å². The van der Waals surface area contributed by atoms with Crippen molar-refractivity contribution in [2.45, 2.75) is 20.4 Å². The zero-order valence-corrected chi connectivity index (χ0v) is 11.0. The van der Waals surface area contributed by atoms with Crippen LogP contribution in [-0.4, -0.2) is 23.5 Å². The molecule has 0 unspecified atom stereocenters. The topological polar surface area (TPSA) is 36.3 Å². The second-order valence-electron chi connectivity index (χ2n) is 4.17. The van der Waals surface area contributed by atoms with E-state index >= 15 is 0 Å². The molecule has 0 N–H and O–H groups in total. The molecule has 0 fully saturated rings. The van der Waals surface area contributed by atoms with Crippen molar-refractivity contribution in [2.24, 2.45) is 0 Å². The molecule has 0 bridgehead atoms. The van der Waals surface area contributed by atoms with Crippen LogP contribution in [0.2, 0.25) is 0 Å². The zero-order valence-electron chi connectivity index (χ0n) is 11.0. The molecule has 4 nitrogen and oxygen atoms in total. The van der Waals surface area contributed by atoms with Crippen molar-refractivity contribution in [3.05, 3.63) is 41.7 Å². The lowest BCUT2D eigenvalue weighted by Gasteiger charge is -2.08. The number of aromatic nitrogens is 2. The summed E-state index contributed by atoms with van der Waals surface area (Å²) < 4.78 is 12.7. The summed E-state index contributed by atoms with van der Waals surface area (Å²) in [4.78, 5) is 0. The summed E-state index contributed by atoms with van der Waals surface area (Å²) in [6.45, 7) is 5.40. The molecule has 18 heavy (non-hydrogen) atoms. The lowest BCUT2D eigenvalue weighted by atomic mass is 10.3. The Morgan fingerprint density at radius 2 is 1.78 bits per heavy atom. The lowest BCUT2D eigenvalue weighted by Crippen LogP contribution is -2.10. The van der Waals surface area contributed by atoms with Gasteiger partial charge in [0.1, 0.15) is 18.1 Å². The third kappa shape index (κ3) is 3.03. The molecule has 1 aromatic carbocycles. The highest BCUT2D eigenvalue weighted by atomic mass is 16.5. The Balaban J connectivity index is 1.86. The van der Waals surface area contributed by atoms with E-state index in [4.69, 9.17) is 9.47 Å². The molecule has 0 spiro atoms. The molecule has 1 heterocycles. The Labute approximate surface area is 107 Å². The largest absolute Gasteiger partial charge is 0.497 e. The number of rotatable bonds is 5. The Hall–Kier alpha value is -1.97. The molecule has 4 heteroatoms. The first-order valence-electron chi connectivity index (χ1n) is 5.97. The molecule has 0 aliphatic rings. The molecular formula is C14H18N2O2. The minimum absolute atomic E-state index is 0.605. The maximum Gasteiger partial charge on any atom is 0.119 e. The number of ether oxygens (including phenoxy) is 2. The number of nitrogens with zero attached hydrogens (tertiary/aromatic N) is 2. The van der Waals surface area contributed by atoms with Crippen LogP contribution in [0.25, 0.3) is 0 Å². The fraction of sp³-hybridized carbons (Fsp3) is 0.357. The Kier molecular flexibility index (Phi) is 3.87. The summed E-state index contributed by atoms with van der Waals surface area (Å²) in [5, 5.41) is 4.39. The van der Waals surface area contributed by atoms with Gasteiger partial charge in [-0.15, -0.1) is 0 Å². The van der Waals surface area contributed by atoms with Gasteiger partial charge in [0.25, 0.3) is 0 Å². The highest BCUT2D eigenvalue weighted by Gasteiger charge is 2.01. The molecule has 0 saturated carbocycles. The molecule has 1 aromatic heterocycles. The zero-order chi connectivity index (χ0) is 13.0. The number of aryl methyl sites for hydroxylation is 2. The van der Waals surface area contributed by atoms with Crippen molar-refractivity contribution in [1.82, 2.24) is 9.78 Å². The van der Waals surface area contributed by atoms with Crippen LogP contribution in [0.15, 0.2) is 30.3 Å². The summed E-state index contributed by atoms with van der Waals surface area (Å²) in [5.41, 5.74) is 2.20. The molecule has 0 amide bonds. The third-order valence-corrected chi connectivity index (χ3v) is 2.73. The van der Waals surface area contributed by atoms with Crippen molar-refractivity contribution < 1.29 is 9.47 Å². The Morgan fingerprint density at radius 1 is 1.11 bits per heavy atom. The molecule has 2 rings (SSSR count). The van der Waals surface area contributed by atoms with E-state index in [2.05, 4.69) is 11.2 Å². The summed E-state index contributed by atoms with van der Waals surface area (Å²) in [6.07, 6.45) is 0. The van der Waals surface area contributed by atoms with Crippen LogP contribution in [-0.2, 0) is 6.54 Å². The third-order valence-electron chi connectivity index (χ3n) is 2.73. The molecule has 96 valence electrons. The highest BCUT2D eigenvalue weighted by molar-refractivity contribution is 5.31. The van der Waals surface area contributed by atoms with Crippen molar-refractivity contribution >= 4 is 0 Å². The fourth-order valence-corrected chi connectivity index (χ4v) is 1.82. The normalized spacial score (nSPS) is 10.4. The van der Waals surface area contributed by atoms with Gasteiger partial charge in [-0.2, -0.15) is 5.10 Å². The monoisotopic (exact) mass is 246 g/mol. The van der Waals surface area contributed by atoms with Gasteiger partial charge < -0.3 is 9.47 Å². The van der Waals surface area contributed by atoms with Crippen LogP contribution in [0.4, 0.5) is 0 Å². The first-order chi connectivity index (χ1) is 8.69. The van der Waals surface area contributed by atoms with Gasteiger partial charge in [0.05, 0.1) is 19.3 Å². The quantitative estimate of drug-likeness (QED) is 0.813. The molecular weight excluding hydrogens is 228 g/mol. The molecule has 0 aliphatic heterocycles. The van der Waals surface area contributed by atoms with Gasteiger partial charge in [-0.1, -0.05) is 0 Å². The van der Waals surface area contributed by atoms with E-state index in [9.17, 15) is 0 Å². The maximum atomic E-state index is 5.66. The summed E-state index contributed by atoms with van der Waals surface area (Å²) >= 11 is 0. The number of hydrogen-bond acceptors (Lipinski definition) is 3. The van der Waals surface area contributed by atoms with Crippen molar-refractivity contribution in [1.29, 1.82) is 0 Å². The predicted octanol–water partition coefficient (Wildman–Crippen LogP) is 2.59. The van der Waals surface area contributed by atoms with E-state index in [-0.39, 0.29) is 0 Å². The first-order valence-corrected chi connectivity index (χ1v) is 5.97. The number of methoxy groups -OCH3 is 1. The molecule has 2 aromatic rings.